The van der Waals surface area contributed by atoms with E-state index in [1.165, 1.54) is 16.2 Å². The second-order valence-corrected chi connectivity index (χ2v) is 8.45. The number of fused-ring (bicyclic) bond motifs is 2. The predicted molar refractivity (Wildman–Crippen MR) is 120 cm³/mol. The van der Waals surface area contributed by atoms with Crippen molar-refractivity contribution in [2.24, 2.45) is 5.18 Å². The zero-order valence-corrected chi connectivity index (χ0v) is 17.6. The maximum atomic E-state index is 12.7. The summed E-state index contributed by atoms with van der Waals surface area (Å²) in [5, 5.41) is 12.0. The third kappa shape index (κ3) is 3.99. The molecule has 2 amide bonds. The standard InChI is InChI=1S/C21H21ClN4O2S/c1-2-26-10-9-15-16(11-23-28)20(29-19(15)12-26)25-21(27)24-18-8-7-17(22)13-5-3-4-6-14(13)18/h3-8H,2,9-12H2,1H3,(H2,24,25,27). The molecule has 6 nitrogen and oxygen atoms in total. The highest BCUT2D eigenvalue weighted by molar-refractivity contribution is 7.16. The van der Waals surface area contributed by atoms with Gasteiger partial charge in [0.05, 0.1) is 5.69 Å². The number of halogens is 1. The normalized spacial score (nSPS) is 13.9. The molecule has 0 unspecified atom stereocenters. The monoisotopic (exact) mass is 428 g/mol. The van der Waals surface area contributed by atoms with Gasteiger partial charge in [0.25, 0.3) is 0 Å². The van der Waals surface area contributed by atoms with Gasteiger partial charge in [-0.2, -0.15) is 4.91 Å². The van der Waals surface area contributed by atoms with Crippen LogP contribution in [0.15, 0.2) is 41.6 Å². The van der Waals surface area contributed by atoms with E-state index in [0.717, 1.165) is 48.0 Å². The fraction of sp³-hybridized carbons (Fsp3) is 0.286. The maximum Gasteiger partial charge on any atom is 0.324 e. The van der Waals surface area contributed by atoms with Crippen LogP contribution in [0, 0.1) is 4.91 Å². The fourth-order valence-electron chi connectivity index (χ4n) is 3.75. The molecule has 4 rings (SSSR count). The van der Waals surface area contributed by atoms with Crippen molar-refractivity contribution in [1.82, 2.24) is 4.90 Å². The third-order valence-electron chi connectivity index (χ3n) is 5.26. The predicted octanol–water partition coefficient (Wildman–Crippen LogP) is 5.84. The Morgan fingerprint density at radius 1 is 1.21 bits per heavy atom. The first-order chi connectivity index (χ1) is 14.1. The Balaban J connectivity index is 1.59. The van der Waals surface area contributed by atoms with Gasteiger partial charge in [-0.1, -0.05) is 48.0 Å². The highest BCUT2D eigenvalue weighted by atomic mass is 35.5. The van der Waals surface area contributed by atoms with Gasteiger partial charge in [0.15, 0.2) is 0 Å². The van der Waals surface area contributed by atoms with Crippen molar-refractivity contribution in [3.8, 4) is 0 Å². The van der Waals surface area contributed by atoms with Gasteiger partial charge in [-0.3, -0.25) is 10.2 Å². The Hall–Kier alpha value is -2.48. The van der Waals surface area contributed by atoms with E-state index in [-0.39, 0.29) is 12.6 Å². The van der Waals surface area contributed by atoms with Crippen molar-refractivity contribution in [1.29, 1.82) is 0 Å². The largest absolute Gasteiger partial charge is 0.324 e. The molecule has 0 saturated carbocycles. The van der Waals surface area contributed by atoms with E-state index >= 15 is 0 Å². The number of rotatable bonds is 5. The quantitative estimate of drug-likeness (QED) is 0.501. The molecule has 2 heterocycles. The van der Waals surface area contributed by atoms with Crippen LogP contribution < -0.4 is 10.6 Å². The van der Waals surface area contributed by atoms with Crippen molar-refractivity contribution in [2.45, 2.75) is 26.4 Å². The molecule has 8 heteroatoms. The van der Waals surface area contributed by atoms with Crippen molar-refractivity contribution < 1.29 is 4.79 Å². The number of thiophene rings is 1. The third-order valence-corrected chi connectivity index (χ3v) is 6.77. The molecule has 0 bridgehead atoms. The minimum atomic E-state index is -0.351. The van der Waals surface area contributed by atoms with Gasteiger partial charge < -0.3 is 5.32 Å². The number of nitrogens with zero attached hydrogens (tertiary/aromatic N) is 2. The molecule has 2 aromatic carbocycles. The first-order valence-electron chi connectivity index (χ1n) is 9.50. The van der Waals surface area contributed by atoms with Crippen LogP contribution >= 0.6 is 22.9 Å². The maximum absolute atomic E-state index is 12.7. The number of hydrogen-bond acceptors (Lipinski definition) is 5. The molecule has 1 aliphatic rings. The molecule has 3 aromatic rings. The lowest BCUT2D eigenvalue weighted by atomic mass is 10.0. The van der Waals surface area contributed by atoms with Crippen LogP contribution in [0.5, 0.6) is 0 Å². The summed E-state index contributed by atoms with van der Waals surface area (Å²) in [5.41, 5.74) is 2.68. The molecule has 150 valence electrons. The minimum absolute atomic E-state index is 0.0669. The van der Waals surface area contributed by atoms with E-state index in [9.17, 15) is 9.70 Å². The van der Waals surface area contributed by atoms with Gasteiger partial charge in [-0.15, -0.1) is 11.3 Å². The second kappa shape index (κ2) is 8.49. The van der Waals surface area contributed by atoms with Crippen LogP contribution in [-0.4, -0.2) is 24.0 Å². The van der Waals surface area contributed by atoms with Crippen LogP contribution in [0.4, 0.5) is 15.5 Å². The summed E-state index contributed by atoms with van der Waals surface area (Å²) in [4.78, 5) is 27.3. The molecule has 0 spiro atoms. The molecule has 0 fully saturated rings. The number of amides is 2. The first kappa shape index (κ1) is 19.8. The fourth-order valence-corrected chi connectivity index (χ4v) is 5.28. The molecule has 29 heavy (non-hydrogen) atoms. The summed E-state index contributed by atoms with van der Waals surface area (Å²) in [7, 11) is 0. The van der Waals surface area contributed by atoms with Crippen molar-refractivity contribution in [3.05, 3.63) is 62.3 Å². The minimum Gasteiger partial charge on any atom is -0.307 e. The van der Waals surface area contributed by atoms with Gasteiger partial charge >= 0.3 is 6.03 Å². The van der Waals surface area contributed by atoms with Gasteiger partial charge in [0, 0.05) is 39.3 Å². The molecule has 0 radical (unpaired) electrons. The number of hydrogen-bond donors (Lipinski definition) is 2. The Bertz CT molecular complexity index is 1080. The molecule has 0 saturated heterocycles. The van der Waals surface area contributed by atoms with E-state index in [2.05, 4.69) is 27.6 Å². The zero-order valence-electron chi connectivity index (χ0n) is 16.0. The van der Waals surface area contributed by atoms with E-state index in [1.807, 2.05) is 24.3 Å². The molecule has 0 atom stereocenters. The number of benzene rings is 2. The summed E-state index contributed by atoms with van der Waals surface area (Å²) in [6.45, 7) is 4.97. The molecular formula is C21H21ClN4O2S. The summed E-state index contributed by atoms with van der Waals surface area (Å²) < 4.78 is 0. The number of nitrogens with one attached hydrogen (secondary N) is 2. The molecular weight excluding hydrogens is 408 g/mol. The van der Waals surface area contributed by atoms with E-state index in [1.54, 1.807) is 12.1 Å². The lowest BCUT2D eigenvalue weighted by molar-refractivity contribution is 0.262. The van der Waals surface area contributed by atoms with Crippen LogP contribution in [0.25, 0.3) is 10.8 Å². The number of likely N-dealkylation sites (N-methyl/N-ethyl adjacent to an activating group) is 1. The summed E-state index contributed by atoms with van der Waals surface area (Å²) in [5.74, 6) is 0. The van der Waals surface area contributed by atoms with E-state index < -0.39 is 0 Å². The Labute approximate surface area is 177 Å². The van der Waals surface area contributed by atoms with Gasteiger partial charge in [0.2, 0.25) is 0 Å². The van der Waals surface area contributed by atoms with E-state index in [0.29, 0.717) is 15.7 Å². The number of urea groups is 1. The van der Waals surface area contributed by atoms with E-state index in [4.69, 9.17) is 11.6 Å². The lowest BCUT2D eigenvalue weighted by Gasteiger charge is -2.25. The van der Waals surface area contributed by atoms with Crippen LogP contribution in [0.1, 0.15) is 22.9 Å². The summed E-state index contributed by atoms with van der Waals surface area (Å²) in [6, 6.07) is 10.9. The SMILES string of the molecule is CCN1CCc2c(sc(NC(=O)Nc3ccc(Cl)c4ccccc34)c2CN=O)C1. The Kier molecular flexibility index (Phi) is 5.80. The smallest absolute Gasteiger partial charge is 0.307 e. The van der Waals surface area contributed by atoms with Crippen LogP contribution in [0.3, 0.4) is 0 Å². The second-order valence-electron chi connectivity index (χ2n) is 6.94. The van der Waals surface area contributed by atoms with Crippen molar-refractivity contribution in [2.75, 3.05) is 23.7 Å². The number of carbonyl (C=O) groups excluding carboxylic acids is 1. The van der Waals surface area contributed by atoms with Crippen molar-refractivity contribution >= 4 is 50.4 Å². The molecule has 1 aliphatic heterocycles. The molecule has 0 aliphatic carbocycles. The Morgan fingerprint density at radius 3 is 2.76 bits per heavy atom. The highest BCUT2D eigenvalue weighted by Gasteiger charge is 2.24. The molecule has 2 N–H and O–H groups in total. The summed E-state index contributed by atoms with van der Waals surface area (Å²) in [6.07, 6.45) is 0.871. The number of nitroso groups, excluding NO2 is 1. The lowest BCUT2D eigenvalue weighted by Crippen LogP contribution is -2.29. The Morgan fingerprint density at radius 2 is 2.00 bits per heavy atom. The number of carbonyl (C=O) groups is 1. The number of anilines is 2. The topological polar surface area (TPSA) is 73.8 Å². The average Bonchev–Trinajstić information content (AvgIpc) is 3.06. The van der Waals surface area contributed by atoms with Crippen LogP contribution in [0.2, 0.25) is 5.02 Å². The van der Waals surface area contributed by atoms with Gasteiger partial charge in [-0.05, 0) is 30.7 Å². The zero-order chi connectivity index (χ0) is 20.4. The highest BCUT2D eigenvalue weighted by Crippen LogP contribution is 2.38. The van der Waals surface area contributed by atoms with Crippen LogP contribution in [-0.2, 0) is 19.5 Å². The van der Waals surface area contributed by atoms with Gasteiger partial charge in [-0.25, -0.2) is 4.79 Å². The average molecular weight is 429 g/mol. The first-order valence-corrected chi connectivity index (χ1v) is 10.7. The van der Waals surface area contributed by atoms with Crippen molar-refractivity contribution in [3.63, 3.8) is 0 Å². The molecule has 1 aromatic heterocycles. The van der Waals surface area contributed by atoms with Gasteiger partial charge in [0.1, 0.15) is 11.5 Å². The summed E-state index contributed by atoms with van der Waals surface area (Å²) >= 11 is 7.79.